The molecule has 1 aromatic heterocycles. The predicted octanol–water partition coefficient (Wildman–Crippen LogP) is 3.55. The highest BCUT2D eigenvalue weighted by Gasteiger charge is 2.09. The Morgan fingerprint density at radius 3 is 2.75 bits per heavy atom. The van der Waals surface area contributed by atoms with Gasteiger partial charge in [0, 0.05) is 17.5 Å². The van der Waals surface area contributed by atoms with Gasteiger partial charge in [-0.1, -0.05) is 23.8 Å². The van der Waals surface area contributed by atoms with E-state index >= 15 is 0 Å². The summed E-state index contributed by atoms with van der Waals surface area (Å²) < 4.78 is 13.5. The van der Waals surface area contributed by atoms with E-state index in [1.165, 1.54) is 12.1 Å². The molecule has 4 nitrogen and oxygen atoms in total. The minimum atomic E-state index is -0.482. The molecule has 0 bridgehead atoms. The molecule has 0 radical (unpaired) electrons. The van der Waals surface area contributed by atoms with Crippen molar-refractivity contribution in [1.82, 2.24) is 4.98 Å². The molecule has 0 saturated carbocycles. The second kappa shape index (κ2) is 6.66. The summed E-state index contributed by atoms with van der Waals surface area (Å²) in [4.78, 5) is 26.9. The van der Waals surface area contributed by atoms with Gasteiger partial charge in [0.15, 0.2) is 0 Å². The van der Waals surface area contributed by atoms with Crippen molar-refractivity contribution in [2.75, 3.05) is 5.32 Å². The van der Waals surface area contributed by atoms with Crippen molar-refractivity contribution >= 4 is 22.5 Å². The van der Waals surface area contributed by atoms with Crippen molar-refractivity contribution in [1.29, 1.82) is 0 Å². The zero-order valence-corrected chi connectivity index (χ0v) is 13.2. The van der Waals surface area contributed by atoms with Crippen LogP contribution in [0.1, 0.15) is 17.5 Å². The molecule has 0 spiro atoms. The van der Waals surface area contributed by atoms with E-state index < -0.39 is 5.82 Å². The third kappa shape index (κ3) is 3.51. The topological polar surface area (TPSA) is 62.0 Å². The lowest BCUT2D eigenvalue weighted by Gasteiger charge is -2.07. The van der Waals surface area contributed by atoms with Crippen LogP contribution in [0.25, 0.3) is 10.9 Å². The molecule has 1 amide bonds. The van der Waals surface area contributed by atoms with Gasteiger partial charge in [0.05, 0.1) is 5.69 Å². The van der Waals surface area contributed by atoms with Gasteiger partial charge in [-0.2, -0.15) is 0 Å². The molecule has 1 heterocycles. The number of hydrogen-bond donors (Lipinski definition) is 2. The maximum atomic E-state index is 13.5. The van der Waals surface area contributed by atoms with Crippen LogP contribution in [0.2, 0.25) is 0 Å². The van der Waals surface area contributed by atoms with Gasteiger partial charge in [-0.15, -0.1) is 0 Å². The Labute approximate surface area is 138 Å². The molecule has 0 aliphatic heterocycles. The van der Waals surface area contributed by atoms with E-state index in [0.717, 1.165) is 16.5 Å². The highest BCUT2D eigenvalue weighted by molar-refractivity contribution is 5.91. The van der Waals surface area contributed by atoms with Crippen LogP contribution in [0, 0.1) is 12.7 Å². The minimum absolute atomic E-state index is 0.106. The summed E-state index contributed by atoms with van der Waals surface area (Å²) in [5.41, 5.74) is 2.34. The second-order valence-electron chi connectivity index (χ2n) is 5.74. The number of fused-ring (bicyclic) bond motifs is 1. The van der Waals surface area contributed by atoms with Gasteiger partial charge in [-0.05, 0) is 49.1 Å². The Balaban J connectivity index is 1.73. The molecule has 2 N–H and O–H groups in total. The van der Waals surface area contributed by atoms with Gasteiger partial charge < -0.3 is 10.3 Å². The number of aromatic nitrogens is 1. The van der Waals surface area contributed by atoms with Crippen molar-refractivity contribution in [2.24, 2.45) is 0 Å². The van der Waals surface area contributed by atoms with Crippen LogP contribution < -0.4 is 10.9 Å². The van der Waals surface area contributed by atoms with E-state index in [2.05, 4.69) is 10.3 Å². The van der Waals surface area contributed by atoms with Crippen LogP contribution in [-0.4, -0.2) is 10.9 Å². The molecule has 0 fully saturated rings. The van der Waals surface area contributed by atoms with Gasteiger partial charge in [-0.25, -0.2) is 4.39 Å². The summed E-state index contributed by atoms with van der Waals surface area (Å²) >= 11 is 0. The van der Waals surface area contributed by atoms with Gasteiger partial charge in [-0.3, -0.25) is 9.59 Å². The molecular weight excluding hydrogens is 307 g/mol. The molecule has 0 aliphatic carbocycles. The third-order valence-corrected chi connectivity index (χ3v) is 3.85. The fraction of sp³-hybridized carbons (Fsp3) is 0.158. The standard InChI is InChI=1S/C19H17FN2O2/c1-12-6-8-16-14(10-12)11-13(19(24)22-16)7-9-18(23)21-17-5-3-2-4-15(17)20/h2-6,8,10-11H,7,9H2,1H3,(H,21,23)(H,22,24). The first kappa shape index (κ1) is 15.9. The van der Waals surface area contributed by atoms with Crippen molar-refractivity contribution in [3.05, 3.63) is 75.8 Å². The first-order chi connectivity index (χ1) is 11.5. The van der Waals surface area contributed by atoms with Crippen molar-refractivity contribution < 1.29 is 9.18 Å². The smallest absolute Gasteiger partial charge is 0.251 e. The van der Waals surface area contributed by atoms with Crippen LogP contribution >= 0.6 is 0 Å². The monoisotopic (exact) mass is 324 g/mol. The van der Waals surface area contributed by atoms with E-state index in [4.69, 9.17) is 0 Å². The van der Waals surface area contributed by atoms with Crippen LogP contribution in [-0.2, 0) is 11.2 Å². The number of aromatic amines is 1. The van der Waals surface area contributed by atoms with Crippen LogP contribution in [0.4, 0.5) is 10.1 Å². The number of carbonyl (C=O) groups excluding carboxylic acids is 1. The Bertz CT molecular complexity index is 963. The first-order valence-corrected chi connectivity index (χ1v) is 7.70. The zero-order chi connectivity index (χ0) is 17.1. The van der Waals surface area contributed by atoms with Crippen LogP contribution in [0.5, 0.6) is 0 Å². The number of halogens is 1. The molecule has 5 heteroatoms. The first-order valence-electron chi connectivity index (χ1n) is 7.70. The Kier molecular flexibility index (Phi) is 4.42. The molecule has 0 unspecified atom stereocenters. The lowest BCUT2D eigenvalue weighted by atomic mass is 10.1. The molecule has 3 rings (SSSR count). The van der Waals surface area contributed by atoms with Crippen LogP contribution in [0.3, 0.4) is 0 Å². The van der Waals surface area contributed by atoms with Gasteiger partial charge in [0.1, 0.15) is 5.82 Å². The fourth-order valence-electron chi connectivity index (χ4n) is 2.58. The maximum absolute atomic E-state index is 13.5. The van der Waals surface area contributed by atoms with E-state index in [1.807, 2.05) is 25.1 Å². The quantitative estimate of drug-likeness (QED) is 0.771. The van der Waals surface area contributed by atoms with Gasteiger partial charge in [0.2, 0.25) is 5.91 Å². The SMILES string of the molecule is Cc1ccc2[nH]c(=O)c(CCC(=O)Nc3ccccc3F)cc2c1. The number of aryl methyl sites for hydroxylation is 2. The number of pyridine rings is 1. The summed E-state index contributed by atoms with van der Waals surface area (Å²) in [5.74, 6) is -0.811. The Hall–Kier alpha value is -2.95. The number of rotatable bonds is 4. The summed E-state index contributed by atoms with van der Waals surface area (Å²) in [7, 11) is 0. The minimum Gasteiger partial charge on any atom is -0.324 e. The largest absolute Gasteiger partial charge is 0.324 e. The highest BCUT2D eigenvalue weighted by atomic mass is 19.1. The Morgan fingerprint density at radius 2 is 1.96 bits per heavy atom. The van der Waals surface area contributed by atoms with Crippen molar-refractivity contribution in [3.8, 4) is 0 Å². The zero-order valence-electron chi connectivity index (χ0n) is 13.2. The highest BCUT2D eigenvalue weighted by Crippen LogP contribution is 2.15. The summed E-state index contributed by atoms with van der Waals surface area (Å²) in [6.07, 6.45) is 0.397. The molecule has 2 aromatic carbocycles. The number of hydrogen-bond acceptors (Lipinski definition) is 2. The van der Waals surface area contributed by atoms with E-state index in [1.54, 1.807) is 18.2 Å². The second-order valence-corrected chi connectivity index (χ2v) is 5.74. The van der Waals surface area contributed by atoms with E-state index in [0.29, 0.717) is 12.0 Å². The molecule has 0 atom stereocenters. The summed E-state index contributed by atoms with van der Waals surface area (Å²) in [5, 5.41) is 3.45. The predicted molar refractivity (Wildman–Crippen MR) is 92.7 cm³/mol. The van der Waals surface area contributed by atoms with Crippen molar-refractivity contribution in [2.45, 2.75) is 19.8 Å². The molecule has 122 valence electrons. The number of nitrogens with one attached hydrogen (secondary N) is 2. The fourth-order valence-corrected chi connectivity index (χ4v) is 2.58. The Morgan fingerprint density at radius 1 is 1.17 bits per heavy atom. The normalized spacial score (nSPS) is 10.8. The van der Waals surface area contributed by atoms with Gasteiger partial charge >= 0.3 is 0 Å². The molecule has 24 heavy (non-hydrogen) atoms. The van der Waals surface area contributed by atoms with E-state index in [9.17, 15) is 14.0 Å². The number of H-pyrrole nitrogens is 1. The average Bonchev–Trinajstić information content (AvgIpc) is 2.55. The number of benzene rings is 2. The van der Waals surface area contributed by atoms with Gasteiger partial charge in [0.25, 0.3) is 5.56 Å². The summed E-state index contributed by atoms with van der Waals surface area (Å²) in [6.45, 7) is 1.98. The molecule has 3 aromatic rings. The number of carbonyl (C=O) groups is 1. The number of anilines is 1. The van der Waals surface area contributed by atoms with Crippen LogP contribution in [0.15, 0.2) is 53.3 Å². The lowest BCUT2D eigenvalue weighted by molar-refractivity contribution is -0.116. The lowest BCUT2D eigenvalue weighted by Crippen LogP contribution is -2.17. The molecule has 0 aliphatic rings. The van der Waals surface area contributed by atoms with Crippen molar-refractivity contribution in [3.63, 3.8) is 0 Å². The summed E-state index contributed by atoms with van der Waals surface area (Å²) in [6, 6.07) is 13.6. The molecular formula is C19H17FN2O2. The number of amides is 1. The maximum Gasteiger partial charge on any atom is 0.251 e. The average molecular weight is 324 g/mol. The molecule has 0 saturated heterocycles. The third-order valence-electron chi connectivity index (χ3n) is 3.85. The number of para-hydroxylation sites is 1. The van der Waals surface area contributed by atoms with E-state index in [-0.39, 0.29) is 23.6 Å².